The van der Waals surface area contributed by atoms with E-state index in [-0.39, 0.29) is 6.17 Å². The Kier molecular flexibility index (Phi) is 5.53. The molecule has 5 heteroatoms. The Balaban J connectivity index is 1.66. The summed E-state index contributed by atoms with van der Waals surface area (Å²) in [6.07, 6.45) is -0.0343. The second-order valence-corrected chi connectivity index (χ2v) is 7.50. The summed E-state index contributed by atoms with van der Waals surface area (Å²) in [5, 5.41) is 21.2. The van der Waals surface area contributed by atoms with E-state index in [2.05, 4.69) is 9.80 Å². The van der Waals surface area contributed by atoms with Gasteiger partial charge in [-0.05, 0) is 18.2 Å². The van der Waals surface area contributed by atoms with E-state index in [1.807, 2.05) is 60.7 Å². The van der Waals surface area contributed by atoms with Crippen molar-refractivity contribution in [2.45, 2.75) is 19.3 Å². The number of phenols is 2. The molecule has 0 bridgehead atoms. The minimum absolute atomic E-state index is 0.0343. The van der Waals surface area contributed by atoms with Gasteiger partial charge in [-0.15, -0.1) is 0 Å². The summed E-state index contributed by atoms with van der Waals surface area (Å²) in [6, 6.07) is 22.8. The molecule has 3 aromatic rings. The van der Waals surface area contributed by atoms with Gasteiger partial charge < -0.3 is 10.2 Å². The summed E-state index contributed by atoms with van der Waals surface area (Å²) in [5.41, 5.74) is 2.82. The van der Waals surface area contributed by atoms with Crippen molar-refractivity contribution >= 4 is 11.6 Å². The minimum atomic E-state index is -0.0343. The molecule has 1 aliphatic heterocycles. The van der Waals surface area contributed by atoms with Crippen molar-refractivity contribution < 1.29 is 10.2 Å². The molecule has 28 heavy (non-hydrogen) atoms. The number of rotatable bonds is 5. The van der Waals surface area contributed by atoms with E-state index in [9.17, 15) is 10.2 Å². The van der Waals surface area contributed by atoms with Crippen molar-refractivity contribution in [3.8, 4) is 11.5 Å². The highest BCUT2D eigenvalue weighted by Crippen LogP contribution is 2.37. The Labute approximate surface area is 170 Å². The largest absolute Gasteiger partial charge is 0.508 e. The van der Waals surface area contributed by atoms with Crippen molar-refractivity contribution in [2.24, 2.45) is 0 Å². The molecule has 0 atom stereocenters. The molecule has 0 aromatic heterocycles. The minimum Gasteiger partial charge on any atom is -0.508 e. The third-order valence-corrected chi connectivity index (χ3v) is 5.62. The number of halogens is 1. The molecule has 0 spiro atoms. The number of nitrogens with zero attached hydrogens (tertiary/aromatic N) is 2. The second kappa shape index (κ2) is 8.23. The van der Waals surface area contributed by atoms with Gasteiger partial charge in [0.05, 0.1) is 6.17 Å². The van der Waals surface area contributed by atoms with Gasteiger partial charge in [0.15, 0.2) is 0 Å². The van der Waals surface area contributed by atoms with Gasteiger partial charge >= 0.3 is 0 Å². The lowest BCUT2D eigenvalue weighted by atomic mass is 10.1. The fraction of sp³-hybridized carbons (Fsp3) is 0.217. The molecule has 144 valence electrons. The van der Waals surface area contributed by atoms with Gasteiger partial charge in [0.25, 0.3) is 0 Å². The van der Waals surface area contributed by atoms with E-state index < -0.39 is 0 Å². The molecule has 2 N–H and O–H groups in total. The van der Waals surface area contributed by atoms with E-state index in [4.69, 9.17) is 11.6 Å². The van der Waals surface area contributed by atoms with Crippen LogP contribution in [0.25, 0.3) is 0 Å². The molecule has 0 aliphatic carbocycles. The standard InChI is InChI=1S/C23H23ClN2O2/c24-20-10-4-3-9-19(20)23-25(15-17-7-1-5-11-21(17)27)13-14-26(23)16-18-8-2-6-12-22(18)28/h1-12,23,27-28H,13-16H2. The van der Waals surface area contributed by atoms with Gasteiger partial charge in [0, 0.05) is 47.9 Å². The lowest BCUT2D eigenvalue weighted by Gasteiger charge is -2.31. The van der Waals surface area contributed by atoms with E-state index in [0.29, 0.717) is 24.6 Å². The molecule has 0 amide bonds. The molecule has 1 heterocycles. The Morgan fingerprint density at radius 3 is 1.68 bits per heavy atom. The highest BCUT2D eigenvalue weighted by Gasteiger charge is 2.34. The molecule has 4 nitrogen and oxygen atoms in total. The van der Waals surface area contributed by atoms with E-state index in [0.717, 1.165) is 34.8 Å². The van der Waals surface area contributed by atoms with Crippen LogP contribution in [-0.2, 0) is 13.1 Å². The number of hydrogen-bond donors (Lipinski definition) is 2. The molecule has 1 saturated heterocycles. The van der Waals surface area contributed by atoms with Crippen LogP contribution in [0.5, 0.6) is 11.5 Å². The van der Waals surface area contributed by atoms with Gasteiger partial charge in [0.1, 0.15) is 11.5 Å². The van der Waals surface area contributed by atoms with Crippen molar-refractivity contribution in [2.75, 3.05) is 13.1 Å². The highest BCUT2D eigenvalue weighted by atomic mass is 35.5. The molecule has 0 saturated carbocycles. The maximum Gasteiger partial charge on any atom is 0.120 e. The van der Waals surface area contributed by atoms with E-state index in [1.54, 1.807) is 12.1 Å². The van der Waals surface area contributed by atoms with Gasteiger partial charge in [-0.1, -0.05) is 66.2 Å². The van der Waals surface area contributed by atoms with Crippen molar-refractivity contribution in [1.29, 1.82) is 0 Å². The van der Waals surface area contributed by atoms with Crippen LogP contribution in [0.3, 0.4) is 0 Å². The van der Waals surface area contributed by atoms with Crippen LogP contribution in [0.15, 0.2) is 72.8 Å². The molecule has 0 unspecified atom stereocenters. The van der Waals surface area contributed by atoms with Crippen LogP contribution in [0.1, 0.15) is 22.9 Å². The predicted molar refractivity (Wildman–Crippen MR) is 111 cm³/mol. The van der Waals surface area contributed by atoms with Gasteiger partial charge in [-0.3, -0.25) is 9.80 Å². The van der Waals surface area contributed by atoms with Crippen LogP contribution in [0.2, 0.25) is 5.02 Å². The smallest absolute Gasteiger partial charge is 0.120 e. The zero-order chi connectivity index (χ0) is 19.5. The molecule has 1 fully saturated rings. The maximum atomic E-state index is 10.2. The summed E-state index contributed by atoms with van der Waals surface area (Å²) in [6.45, 7) is 2.94. The fourth-order valence-corrected chi connectivity index (χ4v) is 4.10. The first-order valence-corrected chi connectivity index (χ1v) is 9.77. The van der Waals surface area contributed by atoms with Gasteiger partial charge in [-0.2, -0.15) is 0 Å². The van der Waals surface area contributed by atoms with E-state index >= 15 is 0 Å². The Bertz CT molecular complexity index is 907. The van der Waals surface area contributed by atoms with Crippen LogP contribution in [0, 0.1) is 0 Å². The molecular weight excluding hydrogens is 372 g/mol. The SMILES string of the molecule is Oc1ccccc1CN1CCN(Cc2ccccc2O)C1c1ccccc1Cl. The Morgan fingerprint density at radius 1 is 0.714 bits per heavy atom. The topological polar surface area (TPSA) is 46.9 Å². The van der Waals surface area contributed by atoms with Crippen LogP contribution >= 0.6 is 11.6 Å². The summed E-state index contributed by atoms with van der Waals surface area (Å²) >= 11 is 6.55. The summed E-state index contributed by atoms with van der Waals surface area (Å²) in [7, 11) is 0. The lowest BCUT2D eigenvalue weighted by Crippen LogP contribution is -2.30. The molecule has 1 aliphatic rings. The molecular formula is C23H23ClN2O2. The molecule has 3 aromatic carbocycles. The predicted octanol–water partition coefficient (Wildman–Crippen LogP) is 4.77. The average Bonchev–Trinajstić information content (AvgIpc) is 3.08. The van der Waals surface area contributed by atoms with E-state index in [1.165, 1.54) is 0 Å². The first-order chi connectivity index (χ1) is 13.6. The Hall–Kier alpha value is -2.53. The average molecular weight is 395 g/mol. The summed E-state index contributed by atoms with van der Waals surface area (Å²) in [4.78, 5) is 4.63. The quantitative estimate of drug-likeness (QED) is 0.654. The molecule has 4 rings (SSSR count). The zero-order valence-corrected chi connectivity index (χ0v) is 16.3. The summed E-state index contributed by atoms with van der Waals surface area (Å²) < 4.78 is 0. The van der Waals surface area contributed by atoms with Crippen LogP contribution < -0.4 is 0 Å². The first kappa shape index (κ1) is 18.8. The number of aromatic hydroxyl groups is 2. The third kappa shape index (κ3) is 3.85. The highest BCUT2D eigenvalue weighted by molar-refractivity contribution is 6.31. The van der Waals surface area contributed by atoms with Gasteiger partial charge in [0.2, 0.25) is 0 Å². The number of hydrogen-bond acceptors (Lipinski definition) is 4. The molecule has 0 radical (unpaired) electrons. The number of benzene rings is 3. The van der Waals surface area contributed by atoms with Crippen molar-refractivity contribution in [3.05, 3.63) is 94.5 Å². The summed E-state index contributed by atoms with van der Waals surface area (Å²) in [5.74, 6) is 0.610. The Morgan fingerprint density at radius 2 is 1.18 bits per heavy atom. The van der Waals surface area contributed by atoms with Crippen LogP contribution in [-0.4, -0.2) is 33.1 Å². The zero-order valence-electron chi connectivity index (χ0n) is 15.5. The maximum absolute atomic E-state index is 10.2. The number of phenolic OH excluding ortho intramolecular Hbond substituents is 2. The fourth-order valence-electron chi connectivity index (χ4n) is 3.87. The van der Waals surface area contributed by atoms with Crippen LogP contribution in [0.4, 0.5) is 0 Å². The lowest BCUT2D eigenvalue weighted by molar-refractivity contribution is 0.124. The third-order valence-electron chi connectivity index (χ3n) is 5.28. The monoisotopic (exact) mass is 394 g/mol. The van der Waals surface area contributed by atoms with Gasteiger partial charge in [-0.25, -0.2) is 0 Å². The number of para-hydroxylation sites is 2. The second-order valence-electron chi connectivity index (χ2n) is 7.09. The normalized spacial score (nSPS) is 15.9. The first-order valence-electron chi connectivity index (χ1n) is 9.40. The van der Waals surface area contributed by atoms with Crippen molar-refractivity contribution in [3.63, 3.8) is 0 Å². The van der Waals surface area contributed by atoms with Crippen molar-refractivity contribution in [1.82, 2.24) is 9.80 Å².